The van der Waals surface area contributed by atoms with Crippen LogP contribution in [0.2, 0.25) is 0 Å². The minimum Gasteiger partial charge on any atom is -0.459 e. The van der Waals surface area contributed by atoms with Gasteiger partial charge >= 0.3 is 0 Å². The van der Waals surface area contributed by atoms with Gasteiger partial charge in [-0.3, -0.25) is 9.59 Å². The Labute approximate surface area is 189 Å². The van der Waals surface area contributed by atoms with Gasteiger partial charge in [0, 0.05) is 18.8 Å². The van der Waals surface area contributed by atoms with Crippen LogP contribution in [0.4, 0.5) is 5.69 Å². The van der Waals surface area contributed by atoms with Crippen molar-refractivity contribution < 1.29 is 14.0 Å². The largest absolute Gasteiger partial charge is 0.459 e. The molecule has 2 amide bonds. The van der Waals surface area contributed by atoms with Crippen LogP contribution >= 0.6 is 0 Å². The molecule has 0 unspecified atom stereocenters. The molecule has 0 atom stereocenters. The van der Waals surface area contributed by atoms with Crippen LogP contribution < -0.4 is 4.90 Å². The van der Waals surface area contributed by atoms with E-state index in [1.807, 2.05) is 60.4 Å². The van der Waals surface area contributed by atoms with Gasteiger partial charge in [-0.15, -0.1) is 0 Å². The summed E-state index contributed by atoms with van der Waals surface area (Å²) < 4.78 is 5.36. The van der Waals surface area contributed by atoms with E-state index in [9.17, 15) is 9.59 Å². The number of carbonyl (C=O) groups is 2. The number of piperidine rings is 1. The van der Waals surface area contributed by atoms with Crippen LogP contribution in [0.25, 0.3) is 0 Å². The molecule has 5 heteroatoms. The normalized spacial score (nSPS) is 14.4. The number of rotatable bonds is 6. The number of hydrogen-bond acceptors (Lipinski definition) is 3. The van der Waals surface area contributed by atoms with E-state index >= 15 is 0 Å². The molecule has 0 N–H and O–H groups in total. The Hall–Kier alpha value is -3.34. The van der Waals surface area contributed by atoms with Crippen molar-refractivity contribution in [2.75, 3.05) is 18.0 Å². The van der Waals surface area contributed by atoms with Crippen molar-refractivity contribution in [2.24, 2.45) is 5.92 Å². The van der Waals surface area contributed by atoms with Crippen molar-refractivity contribution in [1.29, 1.82) is 0 Å². The zero-order valence-corrected chi connectivity index (χ0v) is 18.8. The topological polar surface area (TPSA) is 53.8 Å². The number of amides is 2. The standard InChI is InChI=1S/C27H30N2O3/c1-20-5-7-23(8-6-20)19-29(27(31)25-4-3-17-32-25)24-11-9-22(10-12-24)18-26(30)28-15-13-21(2)14-16-28/h3-12,17,21H,13-16,18-19H2,1-2H3. The minimum atomic E-state index is -0.193. The molecule has 1 aliphatic heterocycles. The Bertz CT molecular complexity index is 1030. The summed E-state index contributed by atoms with van der Waals surface area (Å²) in [6, 6.07) is 19.3. The molecule has 5 nitrogen and oxygen atoms in total. The molecule has 1 saturated heterocycles. The molecule has 1 fully saturated rings. The molecule has 3 aromatic rings. The average Bonchev–Trinajstić information content (AvgIpc) is 3.34. The van der Waals surface area contributed by atoms with Crippen LogP contribution in [0.5, 0.6) is 0 Å². The molecule has 2 aromatic carbocycles. The lowest BCUT2D eigenvalue weighted by atomic mass is 9.98. The first-order valence-electron chi connectivity index (χ1n) is 11.3. The molecule has 166 valence electrons. The Kier molecular flexibility index (Phi) is 6.74. The lowest BCUT2D eigenvalue weighted by molar-refractivity contribution is -0.131. The van der Waals surface area contributed by atoms with Gasteiger partial charge < -0.3 is 14.2 Å². The second kappa shape index (κ2) is 9.86. The molecule has 0 bridgehead atoms. The third-order valence-corrected chi connectivity index (χ3v) is 6.18. The number of anilines is 1. The summed E-state index contributed by atoms with van der Waals surface area (Å²) in [6.07, 6.45) is 4.05. The van der Waals surface area contributed by atoms with Crippen LogP contribution in [-0.4, -0.2) is 29.8 Å². The minimum absolute atomic E-state index is 0.174. The second-order valence-corrected chi connectivity index (χ2v) is 8.76. The predicted octanol–water partition coefficient (Wildman–Crippen LogP) is 5.24. The van der Waals surface area contributed by atoms with E-state index in [2.05, 4.69) is 6.92 Å². The molecule has 32 heavy (non-hydrogen) atoms. The van der Waals surface area contributed by atoms with Crippen molar-refractivity contribution in [3.8, 4) is 0 Å². The summed E-state index contributed by atoms with van der Waals surface area (Å²) in [5, 5.41) is 0. The van der Waals surface area contributed by atoms with Gasteiger partial charge in [-0.05, 0) is 61.1 Å². The zero-order chi connectivity index (χ0) is 22.5. The van der Waals surface area contributed by atoms with Crippen molar-refractivity contribution in [2.45, 2.75) is 39.7 Å². The molecule has 0 aliphatic carbocycles. The Balaban J connectivity index is 1.50. The third-order valence-electron chi connectivity index (χ3n) is 6.18. The number of aryl methyl sites for hydroxylation is 1. The van der Waals surface area contributed by atoms with E-state index in [1.54, 1.807) is 17.0 Å². The van der Waals surface area contributed by atoms with Gasteiger partial charge in [-0.1, -0.05) is 48.9 Å². The second-order valence-electron chi connectivity index (χ2n) is 8.76. The maximum absolute atomic E-state index is 13.1. The fourth-order valence-corrected chi connectivity index (χ4v) is 4.03. The predicted molar refractivity (Wildman–Crippen MR) is 126 cm³/mol. The van der Waals surface area contributed by atoms with Gasteiger partial charge in [0.1, 0.15) is 0 Å². The number of likely N-dealkylation sites (tertiary alicyclic amines) is 1. The summed E-state index contributed by atoms with van der Waals surface area (Å²) in [6.45, 7) is 6.41. The molecule has 2 heterocycles. The van der Waals surface area contributed by atoms with Crippen LogP contribution in [0.15, 0.2) is 71.3 Å². The van der Waals surface area contributed by atoms with Crippen LogP contribution in [0.3, 0.4) is 0 Å². The average molecular weight is 431 g/mol. The monoisotopic (exact) mass is 430 g/mol. The highest BCUT2D eigenvalue weighted by atomic mass is 16.3. The number of carbonyl (C=O) groups excluding carboxylic acids is 2. The first kappa shape index (κ1) is 21.9. The van der Waals surface area contributed by atoms with Crippen molar-refractivity contribution in [3.63, 3.8) is 0 Å². The number of hydrogen-bond donors (Lipinski definition) is 0. The number of furan rings is 1. The molecule has 1 aliphatic rings. The van der Waals surface area contributed by atoms with E-state index in [4.69, 9.17) is 4.42 Å². The number of nitrogens with zero attached hydrogens (tertiary/aromatic N) is 2. The van der Waals surface area contributed by atoms with Gasteiger partial charge in [0.25, 0.3) is 5.91 Å². The maximum Gasteiger partial charge on any atom is 0.294 e. The van der Waals surface area contributed by atoms with Crippen molar-refractivity contribution in [1.82, 2.24) is 4.90 Å². The van der Waals surface area contributed by atoms with Crippen molar-refractivity contribution in [3.05, 3.63) is 89.4 Å². The van der Waals surface area contributed by atoms with Gasteiger partial charge in [0.2, 0.25) is 5.91 Å². The maximum atomic E-state index is 13.1. The molecular formula is C27H30N2O3. The van der Waals surface area contributed by atoms with Crippen molar-refractivity contribution >= 4 is 17.5 Å². The highest BCUT2D eigenvalue weighted by Gasteiger charge is 2.22. The van der Waals surface area contributed by atoms with E-state index in [0.717, 1.165) is 42.7 Å². The quantitative estimate of drug-likeness (QED) is 0.538. The Morgan fingerprint density at radius 3 is 2.25 bits per heavy atom. The fourth-order valence-electron chi connectivity index (χ4n) is 4.03. The molecule has 0 radical (unpaired) electrons. The van der Waals surface area contributed by atoms with E-state index < -0.39 is 0 Å². The first-order valence-corrected chi connectivity index (χ1v) is 11.3. The highest BCUT2D eigenvalue weighted by Crippen LogP contribution is 2.23. The van der Waals surface area contributed by atoms with Gasteiger partial charge in [-0.2, -0.15) is 0 Å². The molecule has 4 rings (SSSR count). The highest BCUT2D eigenvalue weighted by molar-refractivity contribution is 6.04. The third kappa shape index (κ3) is 5.28. The molecule has 0 spiro atoms. The van der Waals surface area contributed by atoms with Crippen LogP contribution in [0.1, 0.15) is 47.0 Å². The van der Waals surface area contributed by atoms with Gasteiger partial charge in [-0.25, -0.2) is 0 Å². The SMILES string of the molecule is Cc1ccc(CN(C(=O)c2ccco2)c2ccc(CC(=O)N3CCC(C)CC3)cc2)cc1. The molecular weight excluding hydrogens is 400 g/mol. The smallest absolute Gasteiger partial charge is 0.294 e. The van der Waals surface area contributed by atoms with E-state index in [-0.39, 0.29) is 11.8 Å². The summed E-state index contributed by atoms with van der Waals surface area (Å²) >= 11 is 0. The molecule has 0 saturated carbocycles. The Morgan fingerprint density at radius 1 is 0.969 bits per heavy atom. The summed E-state index contributed by atoms with van der Waals surface area (Å²) in [5.74, 6) is 0.981. The summed E-state index contributed by atoms with van der Waals surface area (Å²) in [7, 11) is 0. The van der Waals surface area contributed by atoms with Crippen LogP contribution in [0, 0.1) is 12.8 Å². The van der Waals surface area contributed by atoms with Crippen LogP contribution in [-0.2, 0) is 17.8 Å². The lowest BCUT2D eigenvalue weighted by Gasteiger charge is -2.30. The van der Waals surface area contributed by atoms with Gasteiger partial charge in [0.05, 0.1) is 19.2 Å². The lowest BCUT2D eigenvalue weighted by Crippen LogP contribution is -2.38. The van der Waals surface area contributed by atoms with E-state index in [1.165, 1.54) is 11.8 Å². The zero-order valence-electron chi connectivity index (χ0n) is 18.8. The van der Waals surface area contributed by atoms with Gasteiger partial charge in [0.15, 0.2) is 5.76 Å². The van der Waals surface area contributed by atoms with E-state index in [0.29, 0.717) is 24.6 Å². The summed E-state index contributed by atoms with van der Waals surface area (Å²) in [5.41, 5.74) is 3.94. The number of benzene rings is 2. The molecule has 1 aromatic heterocycles. The summed E-state index contributed by atoms with van der Waals surface area (Å²) in [4.78, 5) is 29.5. The first-order chi connectivity index (χ1) is 15.5. The fraction of sp³-hybridized carbons (Fsp3) is 0.333. The Morgan fingerprint density at radius 2 is 1.62 bits per heavy atom.